The molecule has 0 fully saturated rings. The second-order valence-corrected chi connectivity index (χ2v) is 7.77. The summed E-state index contributed by atoms with van der Waals surface area (Å²) in [7, 11) is 0. The summed E-state index contributed by atoms with van der Waals surface area (Å²) in [5.74, 6) is 0. The number of rotatable bonds is 3. The van der Waals surface area contributed by atoms with Crippen LogP contribution in [0.1, 0.15) is 28.4 Å². The van der Waals surface area contributed by atoms with Gasteiger partial charge in [-0.3, -0.25) is 10.1 Å². The lowest BCUT2D eigenvalue weighted by Gasteiger charge is -2.39. The van der Waals surface area contributed by atoms with Gasteiger partial charge >= 0.3 is 0 Å². The molecule has 148 valence electrons. The largest absolute Gasteiger partial charge is 0.348 e. The van der Waals surface area contributed by atoms with Gasteiger partial charge < -0.3 is 14.8 Å². The van der Waals surface area contributed by atoms with Crippen LogP contribution >= 0.6 is 12.2 Å². The van der Waals surface area contributed by atoms with Gasteiger partial charge in [-0.05, 0) is 67.0 Å². The number of anilines is 1. The van der Waals surface area contributed by atoms with Crippen molar-refractivity contribution in [2.45, 2.75) is 26.4 Å². The Bertz CT molecular complexity index is 1070. The highest BCUT2D eigenvalue weighted by Crippen LogP contribution is 2.34. The Kier molecular flexibility index (Phi) is 5.07. The third kappa shape index (κ3) is 3.86. The third-order valence-electron chi connectivity index (χ3n) is 5.17. The quantitative estimate of drug-likeness (QED) is 0.384. The van der Waals surface area contributed by atoms with Gasteiger partial charge in [0, 0.05) is 42.8 Å². The maximum atomic E-state index is 11.3. The van der Waals surface area contributed by atoms with Crippen LogP contribution < -0.4 is 5.32 Å². The van der Waals surface area contributed by atoms with E-state index in [1.54, 1.807) is 12.1 Å². The van der Waals surface area contributed by atoms with Gasteiger partial charge in [0.05, 0.1) is 11.0 Å². The zero-order valence-corrected chi connectivity index (χ0v) is 17.1. The van der Waals surface area contributed by atoms with Crippen molar-refractivity contribution in [1.29, 1.82) is 0 Å². The van der Waals surface area contributed by atoms with Crippen molar-refractivity contribution in [1.82, 2.24) is 9.47 Å². The van der Waals surface area contributed by atoms with Crippen LogP contribution in [0.5, 0.6) is 0 Å². The summed E-state index contributed by atoms with van der Waals surface area (Å²) in [6.45, 7) is 5.63. The smallest absolute Gasteiger partial charge is 0.269 e. The number of benzene rings is 2. The first-order chi connectivity index (χ1) is 13.9. The average molecular weight is 407 g/mol. The molecule has 6 nitrogen and oxygen atoms in total. The number of aryl methyl sites for hydroxylation is 2. The fraction of sp³-hybridized carbons (Fsp3) is 0.227. The summed E-state index contributed by atoms with van der Waals surface area (Å²) in [5, 5.41) is 15.3. The van der Waals surface area contributed by atoms with Crippen molar-refractivity contribution in [2.24, 2.45) is 0 Å². The van der Waals surface area contributed by atoms with Gasteiger partial charge in [-0.25, -0.2) is 0 Å². The van der Waals surface area contributed by atoms with Crippen molar-refractivity contribution in [2.75, 3.05) is 11.9 Å². The third-order valence-corrected chi connectivity index (χ3v) is 5.51. The van der Waals surface area contributed by atoms with Crippen LogP contribution in [0, 0.1) is 24.0 Å². The Morgan fingerprint density at radius 2 is 1.86 bits per heavy atom. The molecule has 1 aromatic heterocycles. The number of non-ortho nitro benzene ring substituents is 1. The molecule has 0 spiro atoms. The van der Waals surface area contributed by atoms with Crippen LogP contribution in [0.15, 0.2) is 60.8 Å². The first-order valence-corrected chi connectivity index (χ1v) is 9.88. The minimum absolute atomic E-state index is 0.0827. The minimum atomic E-state index is -0.359. The van der Waals surface area contributed by atoms with Gasteiger partial charge in [0.15, 0.2) is 5.11 Å². The maximum absolute atomic E-state index is 11.3. The molecule has 1 aliphatic rings. The van der Waals surface area contributed by atoms with E-state index in [0.717, 1.165) is 34.6 Å². The van der Waals surface area contributed by atoms with Gasteiger partial charge in [0.1, 0.15) is 0 Å². The van der Waals surface area contributed by atoms with E-state index in [4.69, 9.17) is 12.2 Å². The zero-order valence-electron chi connectivity index (χ0n) is 16.3. The van der Waals surface area contributed by atoms with Crippen molar-refractivity contribution in [3.8, 4) is 0 Å². The van der Waals surface area contributed by atoms with E-state index in [-0.39, 0.29) is 16.7 Å². The monoisotopic (exact) mass is 406 g/mol. The predicted molar refractivity (Wildman–Crippen MR) is 118 cm³/mol. The van der Waals surface area contributed by atoms with Crippen LogP contribution in [0.2, 0.25) is 0 Å². The lowest BCUT2D eigenvalue weighted by molar-refractivity contribution is -0.384. The summed E-state index contributed by atoms with van der Waals surface area (Å²) >= 11 is 5.78. The highest BCUT2D eigenvalue weighted by molar-refractivity contribution is 7.80. The normalized spacial score (nSPS) is 15.7. The number of nitrogens with zero attached hydrogens (tertiary/aromatic N) is 3. The molecule has 3 aromatic rings. The average Bonchev–Trinajstić information content (AvgIpc) is 3.15. The van der Waals surface area contributed by atoms with Crippen LogP contribution in [-0.4, -0.2) is 26.0 Å². The van der Waals surface area contributed by atoms with Crippen LogP contribution in [-0.2, 0) is 6.54 Å². The van der Waals surface area contributed by atoms with E-state index in [9.17, 15) is 10.1 Å². The molecule has 1 N–H and O–H groups in total. The van der Waals surface area contributed by atoms with E-state index < -0.39 is 0 Å². The van der Waals surface area contributed by atoms with E-state index in [0.29, 0.717) is 11.7 Å². The van der Waals surface area contributed by atoms with Crippen LogP contribution in [0.25, 0.3) is 0 Å². The molecule has 0 amide bonds. The molecule has 0 saturated heterocycles. The van der Waals surface area contributed by atoms with Crippen LogP contribution in [0.3, 0.4) is 0 Å². The summed E-state index contributed by atoms with van der Waals surface area (Å²) in [6, 6.07) is 16.9. The lowest BCUT2D eigenvalue weighted by Crippen LogP contribution is -2.44. The van der Waals surface area contributed by atoms with Crippen LogP contribution in [0.4, 0.5) is 11.4 Å². The van der Waals surface area contributed by atoms with Gasteiger partial charge in [-0.1, -0.05) is 18.2 Å². The number of aromatic nitrogens is 1. The Morgan fingerprint density at radius 1 is 1.10 bits per heavy atom. The second-order valence-electron chi connectivity index (χ2n) is 7.38. The lowest BCUT2D eigenvalue weighted by atomic mass is 10.00. The molecule has 0 aliphatic carbocycles. The topological polar surface area (TPSA) is 63.3 Å². The van der Waals surface area contributed by atoms with E-state index in [1.807, 2.05) is 18.3 Å². The molecule has 4 rings (SSSR count). The first-order valence-electron chi connectivity index (χ1n) is 9.48. The molecular formula is C22H22N4O2S. The zero-order chi connectivity index (χ0) is 20.5. The number of hydrogen-bond acceptors (Lipinski definition) is 3. The van der Waals surface area contributed by atoms with Crippen molar-refractivity contribution in [3.63, 3.8) is 0 Å². The van der Waals surface area contributed by atoms with Crippen molar-refractivity contribution in [3.05, 3.63) is 93.3 Å². The molecule has 7 heteroatoms. The van der Waals surface area contributed by atoms with Gasteiger partial charge in [0.25, 0.3) is 5.69 Å². The Labute approximate surface area is 174 Å². The number of hydrogen-bond donors (Lipinski definition) is 1. The molecule has 1 atom stereocenters. The minimum Gasteiger partial charge on any atom is -0.348 e. The fourth-order valence-electron chi connectivity index (χ4n) is 4.00. The van der Waals surface area contributed by atoms with Crippen molar-refractivity contribution < 1.29 is 4.92 Å². The van der Waals surface area contributed by atoms with Crippen molar-refractivity contribution >= 4 is 28.7 Å². The molecule has 0 bridgehead atoms. The Balaban J connectivity index is 1.70. The fourth-order valence-corrected chi connectivity index (χ4v) is 4.32. The highest BCUT2D eigenvalue weighted by Gasteiger charge is 2.31. The number of nitrogens with one attached hydrogen (secondary N) is 1. The molecule has 2 heterocycles. The van der Waals surface area contributed by atoms with E-state index in [2.05, 4.69) is 52.9 Å². The first kappa shape index (κ1) is 19.1. The van der Waals surface area contributed by atoms with Gasteiger partial charge in [-0.15, -0.1) is 0 Å². The molecule has 1 aliphatic heterocycles. The summed E-state index contributed by atoms with van der Waals surface area (Å²) in [6.07, 6.45) is 2.04. The Hall–Kier alpha value is -3.19. The standard InChI is InChI=1S/C22H22N4O2S/c1-15-11-16(2)13-18(12-15)23-22(29)25-10-9-24-8-4-7-20(24)21(25)17-5-3-6-19(14-17)26(27)28/h3-8,11-14,21H,9-10H2,1-2H3,(H,23,29)/t21-/m0/s1. The number of fused-ring (bicyclic) bond motifs is 1. The molecule has 0 radical (unpaired) electrons. The van der Waals surface area contributed by atoms with E-state index >= 15 is 0 Å². The summed E-state index contributed by atoms with van der Waals surface area (Å²) in [5.41, 5.74) is 5.28. The molecule has 0 saturated carbocycles. The molecular weight excluding hydrogens is 384 g/mol. The molecule has 29 heavy (non-hydrogen) atoms. The van der Waals surface area contributed by atoms with Gasteiger partial charge in [0.2, 0.25) is 0 Å². The van der Waals surface area contributed by atoms with Gasteiger partial charge in [-0.2, -0.15) is 0 Å². The summed E-state index contributed by atoms with van der Waals surface area (Å²) in [4.78, 5) is 13.1. The second kappa shape index (κ2) is 7.67. The Morgan fingerprint density at radius 3 is 2.59 bits per heavy atom. The maximum Gasteiger partial charge on any atom is 0.269 e. The predicted octanol–water partition coefficient (Wildman–Crippen LogP) is 4.82. The number of nitro benzene ring substituents is 1. The number of nitro groups is 1. The van der Waals surface area contributed by atoms with E-state index in [1.165, 1.54) is 6.07 Å². The molecule has 2 aromatic carbocycles. The molecule has 0 unspecified atom stereocenters. The highest BCUT2D eigenvalue weighted by atomic mass is 32.1. The number of thiocarbonyl (C=S) groups is 1. The SMILES string of the molecule is Cc1cc(C)cc(NC(=S)N2CCn3cccc3[C@@H]2c2cccc([N+](=O)[O-])c2)c1. The summed E-state index contributed by atoms with van der Waals surface area (Å²) < 4.78 is 2.18.